The van der Waals surface area contributed by atoms with Gasteiger partial charge in [-0.3, -0.25) is 4.79 Å². The highest BCUT2D eigenvalue weighted by molar-refractivity contribution is 5.76. The van der Waals surface area contributed by atoms with E-state index in [1.165, 1.54) is 12.8 Å². The van der Waals surface area contributed by atoms with Crippen LogP contribution >= 0.6 is 0 Å². The van der Waals surface area contributed by atoms with Crippen LogP contribution in [-0.2, 0) is 11.3 Å². The van der Waals surface area contributed by atoms with Gasteiger partial charge in [-0.1, -0.05) is 12.8 Å². The largest absolute Gasteiger partial charge is 0.420 e. The zero-order valence-corrected chi connectivity index (χ0v) is 11.5. The van der Waals surface area contributed by atoms with Crippen LogP contribution in [0.25, 0.3) is 11.6 Å². The highest BCUT2D eigenvalue weighted by atomic mass is 16.4. The molecule has 106 valence electrons. The molecule has 0 saturated heterocycles. The first-order chi connectivity index (χ1) is 9.72. The Morgan fingerprint density at radius 1 is 1.45 bits per heavy atom. The van der Waals surface area contributed by atoms with Crippen LogP contribution in [0.3, 0.4) is 0 Å². The lowest BCUT2D eigenvalue weighted by Crippen LogP contribution is -2.35. The van der Waals surface area contributed by atoms with Crippen LogP contribution < -0.4 is 5.32 Å². The van der Waals surface area contributed by atoms with Gasteiger partial charge in [-0.25, -0.2) is 0 Å². The third-order valence-electron chi connectivity index (χ3n) is 3.61. The maximum absolute atomic E-state index is 12.1. The molecule has 0 radical (unpaired) electrons. The van der Waals surface area contributed by atoms with Crippen molar-refractivity contribution < 1.29 is 9.21 Å². The number of carbonyl (C=O) groups excluding carboxylic acids is 1. The third-order valence-corrected chi connectivity index (χ3v) is 3.61. The van der Waals surface area contributed by atoms with Gasteiger partial charge in [0, 0.05) is 19.2 Å². The predicted octanol–water partition coefficient (Wildman–Crippen LogP) is 1.91. The fourth-order valence-electron chi connectivity index (χ4n) is 2.64. The minimum atomic E-state index is 0.0330. The van der Waals surface area contributed by atoms with Crippen molar-refractivity contribution in [2.75, 3.05) is 0 Å². The minimum absolute atomic E-state index is 0.0330. The molecule has 1 amide bonds. The van der Waals surface area contributed by atoms with Gasteiger partial charge in [-0.2, -0.15) is 0 Å². The summed E-state index contributed by atoms with van der Waals surface area (Å²) in [6.07, 6.45) is 6.45. The molecule has 0 unspecified atom stereocenters. The first kappa shape index (κ1) is 12.9. The van der Waals surface area contributed by atoms with Crippen molar-refractivity contribution in [3.05, 3.63) is 24.2 Å². The summed E-state index contributed by atoms with van der Waals surface area (Å²) >= 11 is 0. The van der Waals surface area contributed by atoms with Crippen molar-refractivity contribution in [1.29, 1.82) is 0 Å². The number of aromatic nitrogens is 3. The van der Waals surface area contributed by atoms with E-state index < -0.39 is 0 Å². The Kier molecular flexibility index (Phi) is 3.54. The zero-order valence-electron chi connectivity index (χ0n) is 11.5. The summed E-state index contributed by atoms with van der Waals surface area (Å²) in [5.41, 5.74) is 0.771. The molecule has 2 aromatic heterocycles. The maximum Gasteiger partial charge on any atom is 0.264 e. The Balaban J connectivity index is 1.68. The van der Waals surface area contributed by atoms with Gasteiger partial charge < -0.3 is 14.3 Å². The van der Waals surface area contributed by atoms with Crippen LogP contribution in [0.2, 0.25) is 0 Å². The van der Waals surface area contributed by atoms with Gasteiger partial charge in [0.2, 0.25) is 11.8 Å². The molecule has 6 nitrogen and oxygen atoms in total. The molecular formula is C14H18N4O2. The summed E-state index contributed by atoms with van der Waals surface area (Å²) in [6.45, 7) is 2.02. The summed E-state index contributed by atoms with van der Waals surface area (Å²) in [6, 6.07) is 4.08. The highest BCUT2D eigenvalue weighted by Crippen LogP contribution is 2.19. The second-order valence-corrected chi connectivity index (χ2v) is 5.20. The number of aryl methyl sites for hydroxylation is 1. The van der Waals surface area contributed by atoms with Gasteiger partial charge in [0.25, 0.3) is 5.89 Å². The number of nitrogens with one attached hydrogen (secondary N) is 1. The van der Waals surface area contributed by atoms with E-state index in [1.54, 1.807) is 6.92 Å². The first-order valence-electron chi connectivity index (χ1n) is 6.97. The molecule has 0 aliphatic heterocycles. The van der Waals surface area contributed by atoms with Gasteiger partial charge >= 0.3 is 0 Å². The number of carbonyl (C=O) groups is 1. The number of amides is 1. The summed E-state index contributed by atoms with van der Waals surface area (Å²) < 4.78 is 7.24. The number of rotatable bonds is 4. The Morgan fingerprint density at radius 2 is 2.25 bits per heavy atom. The topological polar surface area (TPSA) is 73.0 Å². The molecule has 0 aromatic carbocycles. The van der Waals surface area contributed by atoms with E-state index in [-0.39, 0.29) is 12.5 Å². The van der Waals surface area contributed by atoms with Gasteiger partial charge in [0.1, 0.15) is 12.2 Å². The smallest absolute Gasteiger partial charge is 0.264 e. The molecule has 0 spiro atoms. The van der Waals surface area contributed by atoms with Gasteiger partial charge in [0.05, 0.1) is 0 Å². The van der Waals surface area contributed by atoms with E-state index in [1.807, 2.05) is 22.9 Å². The highest BCUT2D eigenvalue weighted by Gasteiger charge is 2.18. The van der Waals surface area contributed by atoms with Crippen molar-refractivity contribution in [3.8, 4) is 11.6 Å². The summed E-state index contributed by atoms with van der Waals surface area (Å²) in [7, 11) is 0. The number of hydrogen-bond acceptors (Lipinski definition) is 4. The summed E-state index contributed by atoms with van der Waals surface area (Å²) in [5.74, 6) is 0.995. The second kappa shape index (κ2) is 5.48. The average Bonchev–Trinajstić information content (AvgIpc) is 3.11. The summed E-state index contributed by atoms with van der Waals surface area (Å²) in [5, 5.41) is 10.9. The van der Waals surface area contributed by atoms with E-state index in [9.17, 15) is 4.79 Å². The molecule has 2 aromatic rings. The molecule has 0 atom stereocenters. The SMILES string of the molecule is Cc1nnc(-c2cccn2CC(=O)NC2CCCC2)o1. The zero-order chi connectivity index (χ0) is 13.9. The van der Waals surface area contributed by atoms with Crippen LogP contribution in [0.15, 0.2) is 22.7 Å². The lowest BCUT2D eigenvalue weighted by Gasteiger charge is -2.13. The van der Waals surface area contributed by atoms with Crippen LogP contribution in [0.5, 0.6) is 0 Å². The van der Waals surface area contributed by atoms with Gasteiger partial charge in [0.15, 0.2) is 0 Å². The quantitative estimate of drug-likeness (QED) is 0.924. The second-order valence-electron chi connectivity index (χ2n) is 5.20. The molecule has 1 fully saturated rings. The van der Waals surface area contributed by atoms with Crippen molar-refractivity contribution in [1.82, 2.24) is 20.1 Å². The fourth-order valence-corrected chi connectivity index (χ4v) is 2.64. The van der Waals surface area contributed by atoms with Crippen molar-refractivity contribution >= 4 is 5.91 Å². The predicted molar refractivity (Wildman–Crippen MR) is 72.9 cm³/mol. The van der Waals surface area contributed by atoms with Crippen molar-refractivity contribution in [2.24, 2.45) is 0 Å². The third kappa shape index (κ3) is 2.74. The van der Waals surface area contributed by atoms with Crippen LogP contribution in [-0.4, -0.2) is 26.7 Å². The monoisotopic (exact) mass is 274 g/mol. The van der Waals surface area contributed by atoms with Crippen LogP contribution in [0.1, 0.15) is 31.6 Å². The van der Waals surface area contributed by atoms with Crippen LogP contribution in [0, 0.1) is 6.92 Å². The normalized spacial score (nSPS) is 15.7. The molecule has 2 heterocycles. The molecule has 6 heteroatoms. The molecule has 3 rings (SSSR count). The molecular weight excluding hydrogens is 256 g/mol. The Hall–Kier alpha value is -2.11. The Labute approximate surface area is 117 Å². The van der Waals surface area contributed by atoms with Crippen molar-refractivity contribution in [3.63, 3.8) is 0 Å². The first-order valence-corrected chi connectivity index (χ1v) is 6.97. The van der Waals surface area contributed by atoms with Crippen molar-refractivity contribution in [2.45, 2.75) is 45.2 Å². The number of hydrogen-bond donors (Lipinski definition) is 1. The van der Waals surface area contributed by atoms with E-state index >= 15 is 0 Å². The van der Waals surface area contributed by atoms with E-state index in [0.29, 0.717) is 17.8 Å². The van der Waals surface area contributed by atoms with Crippen LogP contribution in [0.4, 0.5) is 0 Å². The lowest BCUT2D eigenvalue weighted by atomic mass is 10.2. The number of nitrogens with zero attached hydrogens (tertiary/aromatic N) is 3. The maximum atomic E-state index is 12.1. The molecule has 0 bridgehead atoms. The standard InChI is InChI=1S/C14H18N4O2/c1-10-16-17-14(20-10)12-7-4-8-18(12)9-13(19)15-11-5-2-3-6-11/h4,7-8,11H,2-3,5-6,9H2,1H3,(H,15,19). The Bertz CT molecular complexity index is 596. The molecule has 1 N–H and O–H groups in total. The molecule has 20 heavy (non-hydrogen) atoms. The summed E-state index contributed by atoms with van der Waals surface area (Å²) in [4.78, 5) is 12.1. The molecule has 1 aliphatic carbocycles. The Morgan fingerprint density at radius 3 is 2.95 bits per heavy atom. The van der Waals surface area contributed by atoms with Gasteiger partial charge in [-0.05, 0) is 25.0 Å². The van der Waals surface area contributed by atoms with E-state index in [0.717, 1.165) is 18.5 Å². The van der Waals surface area contributed by atoms with E-state index in [4.69, 9.17) is 4.42 Å². The molecule has 1 saturated carbocycles. The van der Waals surface area contributed by atoms with E-state index in [2.05, 4.69) is 15.5 Å². The minimum Gasteiger partial charge on any atom is -0.420 e. The lowest BCUT2D eigenvalue weighted by molar-refractivity contribution is -0.122. The fraction of sp³-hybridized carbons (Fsp3) is 0.500. The molecule has 1 aliphatic rings. The average molecular weight is 274 g/mol. The van der Waals surface area contributed by atoms with Gasteiger partial charge in [-0.15, -0.1) is 10.2 Å².